The van der Waals surface area contributed by atoms with Crippen molar-refractivity contribution in [3.63, 3.8) is 0 Å². The van der Waals surface area contributed by atoms with Crippen molar-refractivity contribution in [3.05, 3.63) is 24.4 Å². The van der Waals surface area contributed by atoms with Crippen molar-refractivity contribution in [3.8, 4) is 5.75 Å². The number of aromatic hydroxyl groups is 1. The normalized spacial score (nSPS) is 10.6. The van der Waals surface area contributed by atoms with E-state index in [1.807, 2.05) is 0 Å². The number of aliphatic carboxylic acids is 1. The third-order valence-corrected chi connectivity index (χ3v) is 1.83. The quantitative estimate of drug-likeness (QED) is 0.738. The van der Waals surface area contributed by atoms with E-state index in [1.54, 1.807) is 18.3 Å². The molecule has 0 spiro atoms. The van der Waals surface area contributed by atoms with E-state index in [-0.39, 0.29) is 12.3 Å². The van der Waals surface area contributed by atoms with Crippen LogP contribution in [-0.2, 0) is 11.3 Å². The van der Waals surface area contributed by atoms with Crippen LogP contribution >= 0.6 is 0 Å². The minimum Gasteiger partial charge on any atom is -0.508 e. The molecule has 1 aromatic heterocycles. The Morgan fingerprint density at radius 2 is 2.29 bits per heavy atom. The number of phenols is 1. The lowest BCUT2D eigenvalue weighted by atomic mass is 10.2. The maximum atomic E-state index is 10.4. The van der Waals surface area contributed by atoms with E-state index in [4.69, 9.17) is 10.2 Å². The Hall–Kier alpha value is -2.04. The molecular formula is C9H8N2O3. The van der Waals surface area contributed by atoms with Gasteiger partial charge in [-0.2, -0.15) is 5.10 Å². The van der Waals surface area contributed by atoms with Crippen LogP contribution in [0.3, 0.4) is 0 Å². The van der Waals surface area contributed by atoms with Crippen molar-refractivity contribution >= 4 is 16.9 Å². The Balaban J connectivity index is 2.46. The minimum absolute atomic E-state index is 0.146. The van der Waals surface area contributed by atoms with E-state index in [0.717, 1.165) is 5.39 Å². The molecule has 0 amide bonds. The number of carboxylic acids is 1. The maximum absolute atomic E-state index is 10.4. The molecule has 0 bridgehead atoms. The summed E-state index contributed by atoms with van der Waals surface area (Å²) in [6.07, 6.45) is 1.59. The van der Waals surface area contributed by atoms with Crippen LogP contribution in [0.2, 0.25) is 0 Å². The van der Waals surface area contributed by atoms with Crippen molar-refractivity contribution in [2.45, 2.75) is 6.54 Å². The predicted molar refractivity (Wildman–Crippen MR) is 49.0 cm³/mol. The number of rotatable bonds is 2. The van der Waals surface area contributed by atoms with Gasteiger partial charge in [-0.1, -0.05) is 0 Å². The number of benzene rings is 1. The van der Waals surface area contributed by atoms with E-state index in [1.165, 1.54) is 10.7 Å². The van der Waals surface area contributed by atoms with E-state index in [2.05, 4.69) is 5.10 Å². The third kappa shape index (κ3) is 1.52. The molecule has 14 heavy (non-hydrogen) atoms. The molecule has 1 aromatic carbocycles. The molecule has 0 aliphatic carbocycles. The number of hydrogen-bond acceptors (Lipinski definition) is 3. The maximum Gasteiger partial charge on any atom is 0.325 e. The van der Waals surface area contributed by atoms with Gasteiger partial charge in [-0.15, -0.1) is 0 Å². The Kier molecular flexibility index (Phi) is 1.85. The molecule has 0 atom stereocenters. The Labute approximate surface area is 79.2 Å². The molecule has 0 aliphatic heterocycles. The summed E-state index contributed by atoms with van der Waals surface area (Å²) in [5.41, 5.74) is 0.670. The Morgan fingerprint density at radius 1 is 1.50 bits per heavy atom. The minimum atomic E-state index is -0.943. The van der Waals surface area contributed by atoms with Gasteiger partial charge in [-0.25, -0.2) is 0 Å². The number of carboxylic acid groups (broad SMARTS) is 1. The highest BCUT2D eigenvalue weighted by molar-refractivity contribution is 5.80. The van der Waals surface area contributed by atoms with Gasteiger partial charge in [-0.3, -0.25) is 9.48 Å². The second kappa shape index (κ2) is 3.02. The molecule has 1 heterocycles. The van der Waals surface area contributed by atoms with Gasteiger partial charge in [-0.05, 0) is 18.2 Å². The smallest absolute Gasteiger partial charge is 0.325 e. The highest BCUT2D eigenvalue weighted by Gasteiger charge is 2.04. The van der Waals surface area contributed by atoms with E-state index >= 15 is 0 Å². The number of nitrogens with zero attached hydrogens (tertiary/aromatic N) is 2. The number of hydrogen-bond donors (Lipinski definition) is 2. The van der Waals surface area contributed by atoms with E-state index in [0.29, 0.717) is 5.52 Å². The summed E-state index contributed by atoms with van der Waals surface area (Å²) in [4.78, 5) is 10.4. The van der Waals surface area contributed by atoms with Gasteiger partial charge >= 0.3 is 5.97 Å². The summed E-state index contributed by atoms with van der Waals surface area (Å²) >= 11 is 0. The second-order valence-corrected chi connectivity index (χ2v) is 2.96. The van der Waals surface area contributed by atoms with Crippen molar-refractivity contribution in [1.82, 2.24) is 9.78 Å². The van der Waals surface area contributed by atoms with Crippen molar-refractivity contribution in [2.24, 2.45) is 0 Å². The highest BCUT2D eigenvalue weighted by Crippen LogP contribution is 2.18. The Bertz CT molecular complexity index is 490. The summed E-state index contributed by atoms with van der Waals surface area (Å²) in [6, 6.07) is 4.70. The van der Waals surface area contributed by atoms with Gasteiger partial charge in [0.1, 0.15) is 12.3 Å². The zero-order valence-electron chi connectivity index (χ0n) is 7.21. The summed E-state index contributed by atoms with van der Waals surface area (Å²) in [7, 11) is 0. The molecule has 0 saturated carbocycles. The lowest BCUT2D eigenvalue weighted by molar-refractivity contribution is -0.137. The molecule has 0 saturated heterocycles. The van der Waals surface area contributed by atoms with Gasteiger partial charge in [0.25, 0.3) is 0 Å². The first-order valence-corrected chi connectivity index (χ1v) is 4.03. The first kappa shape index (κ1) is 8.55. The van der Waals surface area contributed by atoms with Crippen LogP contribution in [0.25, 0.3) is 10.9 Å². The highest BCUT2D eigenvalue weighted by atomic mass is 16.4. The topological polar surface area (TPSA) is 75.3 Å². The van der Waals surface area contributed by atoms with E-state index in [9.17, 15) is 4.79 Å². The number of fused-ring (bicyclic) bond motifs is 1. The zero-order valence-corrected chi connectivity index (χ0v) is 7.21. The molecule has 5 heteroatoms. The van der Waals surface area contributed by atoms with Crippen molar-refractivity contribution < 1.29 is 15.0 Å². The standard InChI is InChI=1S/C9H8N2O3/c12-7-1-2-8-6(3-7)4-11(10-8)5-9(13)14/h1-4,12H,5H2,(H,13,14). The molecule has 2 aromatic rings. The van der Waals surface area contributed by atoms with E-state index < -0.39 is 5.97 Å². The second-order valence-electron chi connectivity index (χ2n) is 2.96. The molecule has 0 unspecified atom stereocenters. The molecule has 2 N–H and O–H groups in total. The van der Waals surface area contributed by atoms with Gasteiger partial charge in [0.05, 0.1) is 5.52 Å². The number of carbonyl (C=O) groups is 1. The molecular weight excluding hydrogens is 184 g/mol. The summed E-state index contributed by atoms with van der Waals surface area (Å²) < 4.78 is 1.33. The first-order valence-electron chi connectivity index (χ1n) is 4.03. The summed E-state index contributed by atoms with van der Waals surface area (Å²) in [6.45, 7) is -0.171. The molecule has 0 aliphatic rings. The lowest BCUT2D eigenvalue weighted by Gasteiger charge is -1.91. The third-order valence-electron chi connectivity index (χ3n) is 1.83. The molecule has 5 nitrogen and oxygen atoms in total. The van der Waals surface area contributed by atoms with Gasteiger partial charge in [0.15, 0.2) is 0 Å². The largest absolute Gasteiger partial charge is 0.508 e. The molecule has 72 valence electrons. The number of aromatic nitrogens is 2. The molecule has 2 rings (SSSR count). The SMILES string of the molecule is O=C(O)Cn1cc2cc(O)ccc2n1. The average Bonchev–Trinajstić information content (AvgIpc) is 2.44. The lowest BCUT2D eigenvalue weighted by Crippen LogP contribution is -2.08. The fourth-order valence-corrected chi connectivity index (χ4v) is 1.28. The summed E-state index contributed by atoms with van der Waals surface area (Å²) in [5, 5.41) is 22.5. The molecule has 0 radical (unpaired) electrons. The zero-order chi connectivity index (χ0) is 10.1. The predicted octanol–water partition coefficient (Wildman–Crippen LogP) is 0.827. The van der Waals surface area contributed by atoms with Crippen LogP contribution in [0.1, 0.15) is 0 Å². The van der Waals surface area contributed by atoms with Crippen LogP contribution in [-0.4, -0.2) is 26.0 Å². The summed E-state index contributed by atoms with van der Waals surface area (Å²) in [5.74, 6) is -0.797. The fraction of sp³-hybridized carbons (Fsp3) is 0.111. The van der Waals surface area contributed by atoms with Crippen molar-refractivity contribution in [1.29, 1.82) is 0 Å². The van der Waals surface area contributed by atoms with Crippen LogP contribution in [0.5, 0.6) is 5.75 Å². The van der Waals surface area contributed by atoms with Crippen LogP contribution in [0.15, 0.2) is 24.4 Å². The monoisotopic (exact) mass is 192 g/mol. The molecule has 0 fully saturated rings. The van der Waals surface area contributed by atoms with Crippen LogP contribution in [0, 0.1) is 0 Å². The van der Waals surface area contributed by atoms with Gasteiger partial charge in [0, 0.05) is 11.6 Å². The van der Waals surface area contributed by atoms with Gasteiger partial charge < -0.3 is 10.2 Å². The average molecular weight is 192 g/mol. The van der Waals surface area contributed by atoms with Crippen molar-refractivity contribution in [2.75, 3.05) is 0 Å². The first-order chi connectivity index (χ1) is 6.65. The van der Waals surface area contributed by atoms with Gasteiger partial charge in [0.2, 0.25) is 0 Å². The number of phenolic OH excluding ortho intramolecular Hbond substituents is 1. The fourth-order valence-electron chi connectivity index (χ4n) is 1.28. The van der Waals surface area contributed by atoms with Crippen LogP contribution in [0.4, 0.5) is 0 Å². The van der Waals surface area contributed by atoms with Crippen LogP contribution < -0.4 is 0 Å². The Morgan fingerprint density at radius 3 is 3.00 bits per heavy atom.